The molecule has 6 heteroatoms. The van der Waals surface area contributed by atoms with E-state index in [1.54, 1.807) is 23.5 Å². The second kappa shape index (κ2) is 4.96. The number of fused-ring (bicyclic) bond motifs is 1. The van der Waals surface area contributed by atoms with Gasteiger partial charge in [-0.1, -0.05) is 12.1 Å². The molecule has 3 nitrogen and oxygen atoms in total. The van der Waals surface area contributed by atoms with Gasteiger partial charge in [-0.15, -0.1) is 23.7 Å². The number of benzene rings is 1. The minimum atomic E-state index is -0.346. The fraction of sp³-hybridized carbons (Fsp3) is 0.0833. The van der Waals surface area contributed by atoms with E-state index in [0.717, 1.165) is 4.88 Å². The molecular formula is C12H11ClFN3S. The summed E-state index contributed by atoms with van der Waals surface area (Å²) in [4.78, 5) is 5.34. The van der Waals surface area contributed by atoms with Crippen LogP contribution in [-0.2, 0) is 0 Å². The van der Waals surface area contributed by atoms with Crippen LogP contribution in [0.1, 0.15) is 16.6 Å². The van der Waals surface area contributed by atoms with Gasteiger partial charge in [0.05, 0.1) is 5.56 Å². The first-order valence-electron chi connectivity index (χ1n) is 5.18. The number of nitrogens with zero attached hydrogens (tertiary/aromatic N) is 1. The summed E-state index contributed by atoms with van der Waals surface area (Å²) in [7, 11) is 0. The van der Waals surface area contributed by atoms with Gasteiger partial charge in [0.1, 0.15) is 11.7 Å². The van der Waals surface area contributed by atoms with Gasteiger partial charge in [-0.2, -0.15) is 0 Å². The summed E-state index contributed by atoms with van der Waals surface area (Å²) in [6, 6.07) is 8.78. The van der Waals surface area contributed by atoms with Gasteiger partial charge in [0.15, 0.2) is 6.17 Å². The summed E-state index contributed by atoms with van der Waals surface area (Å²) in [5.41, 5.74) is 6.87. The molecule has 1 atom stereocenters. The monoisotopic (exact) mass is 283 g/mol. The van der Waals surface area contributed by atoms with Crippen molar-refractivity contribution in [3.63, 3.8) is 0 Å². The second-order valence-electron chi connectivity index (χ2n) is 3.74. The van der Waals surface area contributed by atoms with E-state index >= 15 is 0 Å². The van der Waals surface area contributed by atoms with Crippen molar-refractivity contribution in [1.82, 2.24) is 0 Å². The van der Waals surface area contributed by atoms with Gasteiger partial charge < -0.3 is 11.1 Å². The molecule has 1 aromatic carbocycles. The molecule has 2 aromatic rings. The van der Waals surface area contributed by atoms with Crippen molar-refractivity contribution in [3.8, 4) is 0 Å². The predicted octanol–water partition coefficient (Wildman–Crippen LogP) is 3.14. The summed E-state index contributed by atoms with van der Waals surface area (Å²) < 4.78 is 13.6. The van der Waals surface area contributed by atoms with E-state index in [1.165, 1.54) is 6.07 Å². The highest BCUT2D eigenvalue weighted by Gasteiger charge is 2.22. The minimum absolute atomic E-state index is 0. The van der Waals surface area contributed by atoms with Crippen LogP contribution in [0.5, 0.6) is 0 Å². The van der Waals surface area contributed by atoms with Crippen molar-refractivity contribution in [2.45, 2.75) is 6.17 Å². The smallest absolute Gasteiger partial charge is 0.156 e. The molecule has 1 unspecified atom stereocenters. The second-order valence-corrected chi connectivity index (χ2v) is 4.72. The molecule has 0 aliphatic carbocycles. The van der Waals surface area contributed by atoms with E-state index in [9.17, 15) is 4.39 Å². The lowest BCUT2D eigenvalue weighted by atomic mass is 10.1. The highest BCUT2D eigenvalue weighted by Crippen LogP contribution is 2.31. The van der Waals surface area contributed by atoms with Crippen LogP contribution in [0.4, 0.5) is 10.1 Å². The Morgan fingerprint density at radius 2 is 2.11 bits per heavy atom. The Kier molecular flexibility index (Phi) is 3.54. The molecule has 0 fully saturated rings. The molecule has 1 aliphatic rings. The fourth-order valence-corrected chi connectivity index (χ4v) is 2.58. The molecule has 18 heavy (non-hydrogen) atoms. The molecule has 0 saturated heterocycles. The quantitative estimate of drug-likeness (QED) is 0.845. The molecule has 3 N–H and O–H groups in total. The normalized spacial score (nSPS) is 17.2. The van der Waals surface area contributed by atoms with Gasteiger partial charge in [-0.3, -0.25) is 0 Å². The first kappa shape index (κ1) is 12.9. The zero-order chi connectivity index (χ0) is 11.8. The highest BCUT2D eigenvalue weighted by molar-refractivity contribution is 7.10. The number of thiophene rings is 1. The Labute approximate surface area is 114 Å². The number of nitrogens with one attached hydrogen (secondary N) is 1. The van der Waals surface area contributed by atoms with Crippen LogP contribution >= 0.6 is 23.7 Å². The molecule has 0 spiro atoms. The summed E-state index contributed by atoms with van der Waals surface area (Å²) in [5, 5.41) is 5.15. The lowest BCUT2D eigenvalue weighted by molar-refractivity contribution is 0.623. The number of hydrogen-bond donors (Lipinski definition) is 2. The van der Waals surface area contributed by atoms with Crippen LogP contribution < -0.4 is 11.1 Å². The van der Waals surface area contributed by atoms with Crippen molar-refractivity contribution >= 4 is 35.3 Å². The van der Waals surface area contributed by atoms with Crippen LogP contribution in [0, 0.1) is 5.82 Å². The first-order valence-corrected chi connectivity index (χ1v) is 6.06. The Bertz CT molecular complexity index is 583. The number of rotatable bonds is 1. The third-order valence-corrected chi connectivity index (χ3v) is 3.57. The molecule has 2 heterocycles. The molecule has 1 aliphatic heterocycles. The number of aliphatic imine (C=N–C) groups is 1. The summed E-state index contributed by atoms with van der Waals surface area (Å²) >= 11 is 1.59. The lowest BCUT2D eigenvalue weighted by Gasteiger charge is -2.23. The fourth-order valence-electron chi connectivity index (χ4n) is 1.87. The van der Waals surface area contributed by atoms with Crippen LogP contribution in [0.15, 0.2) is 40.7 Å². The SMILES string of the molecule is Cl.NC1=NC(c2cccs2)Nc2cccc(F)c21. The minimum Gasteiger partial charge on any atom is -0.383 e. The highest BCUT2D eigenvalue weighted by atomic mass is 35.5. The van der Waals surface area contributed by atoms with E-state index in [4.69, 9.17) is 5.73 Å². The van der Waals surface area contributed by atoms with Crippen molar-refractivity contribution in [2.24, 2.45) is 10.7 Å². The van der Waals surface area contributed by atoms with E-state index in [2.05, 4.69) is 10.3 Å². The van der Waals surface area contributed by atoms with Crippen molar-refractivity contribution in [1.29, 1.82) is 0 Å². The average molecular weight is 284 g/mol. The first-order chi connectivity index (χ1) is 8.25. The third-order valence-electron chi connectivity index (χ3n) is 2.64. The largest absolute Gasteiger partial charge is 0.383 e. The van der Waals surface area contributed by atoms with Gasteiger partial charge in [0.25, 0.3) is 0 Å². The van der Waals surface area contributed by atoms with Crippen LogP contribution in [0.3, 0.4) is 0 Å². The van der Waals surface area contributed by atoms with Crippen LogP contribution in [0.2, 0.25) is 0 Å². The number of halogens is 2. The Morgan fingerprint density at radius 1 is 1.28 bits per heavy atom. The number of hydrogen-bond acceptors (Lipinski definition) is 4. The average Bonchev–Trinajstić information content (AvgIpc) is 2.81. The number of amidine groups is 1. The van der Waals surface area contributed by atoms with Gasteiger partial charge in [0.2, 0.25) is 0 Å². The molecule has 0 radical (unpaired) electrons. The molecule has 0 bridgehead atoms. The van der Waals surface area contributed by atoms with Crippen LogP contribution in [0.25, 0.3) is 0 Å². The molecule has 1 aromatic heterocycles. The molecule has 94 valence electrons. The molecule has 0 amide bonds. The summed E-state index contributed by atoms with van der Waals surface area (Å²) in [6.45, 7) is 0. The van der Waals surface area contributed by atoms with E-state index < -0.39 is 0 Å². The van der Waals surface area contributed by atoms with Crippen molar-refractivity contribution in [2.75, 3.05) is 5.32 Å². The van der Waals surface area contributed by atoms with Crippen molar-refractivity contribution in [3.05, 3.63) is 52.0 Å². The molecule has 3 rings (SSSR count). The topological polar surface area (TPSA) is 50.4 Å². The molecular weight excluding hydrogens is 273 g/mol. The predicted molar refractivity (Wildman–Crippen MR) is 75.1 cm³/mol. The van der Waals surface area contributed by atoms with E-state index in [0.29, 0.717) is 11.3 Å². The maximum atomic E-state index is 13.6. The Hall–Kier alpha value is -1.59. The van der Waals surface area contributed by atoms with Crippen molar-refractivity contribution < 1.29 is 4.39 Å². The maximum Gasteiger partial charge on any atom is 0.156 e. The Balaban J connectivity index is 0.00000120. The lowest BCUT2D eigenvalue weighted by Crippen LogP contribution is -2.26. The van der Waals surface area contributed by atoms with Gasteiger partial charge in [-0.25, -0.2) is 9.38 Å². The van der Waals surface area contributed by atoms with E-state index in [-0.39, 0.29) is 30.2 Å². The zero-order valence-electron chi connectivity index (χ0n) is 9.26. The third kappa shape index (κ3) is 2.07. The van der Waals surface area contributed by atoms with Gasteiger partial charge >= 0.3 is 0 Å². The molecule has 0 saturated carbocycles. The maximum absolute atomic E-state index is 13.6. The van der Waals surface area contributed by atoms with E-state index in [1.807, 2.05) is 17.5 Å². The zero-order valence-corrected chi connectivity index (χ0v) is 10.9. The summed E-state index contributed by atoms with van der Waals surface area (Å²) in [6.07, 6.45) is -0.218. The Morgan fingerprint density at radius 3 is 2.83 bits per heavy atom. The van der Waals surface area contributed by atoms with Crippen LogP contribution in [-0.4, -0.2) is 5.84 Å². The number of anilines is 1. The number of nitrogens with two attached hydrogens (primary N) is 1. The van der Waals surface area contributed by atoms with Gasteiger partial charge in [0, 0.05) is 10.6 Å². The summed E-state index contributed by atoms with van der Waals surface area (Å²) in [5.74, 6) is -0.101. The van der Waals surface area contributed by atoms with Gasteiger partial charge in [-0.05, 0) is 23.6 Å². The standard InChI is InChI=1S/C12H10FN3S.ClH/c13-7-3-1-4-8-10(7)11(14)16-12(15-8)9-5-2-6-17-9;/h1-6,12,15H,(H2,14,16);1H.